The molecule has 1 aliphatic heterocycles. The van der Waals surface area contributed by atoms with E-state index in [0.29, 0.717) is 37.2 Å². The van der Waals surface area contributed by atoms with Crippen LogP contribution in [0.1, 0.15) is 18.2 Å². The number of carbonyl (C=O) groups excluding carboxylic acids is 1. The first kappa shape index (κ1) is 19.8. The number of halogens is 2. The van der Waals surface area contributed by atoms with Crippen LogP contribution in [0.15, 0.2) is 68.9 Å². The molecule has 1 aliphatic rings. The quantitative estimate of drug-likeness (QED) is 0.456. The van der Waals surface area contributed by atoms with Gasteiger partial charge in [-0.3, -0.25) is 4.79 Å². The summed E-state index contributed by atoms with van der Waals surface area (Å²) in [6, 6.07) is 16.7. The van der Waals surface area contributed by atoms with E-state index in [1.807, 2.05) is 24.3 Å². The molecule has 0 atom stereocenters. The number of hydrogen-bond donors (Lipinski definition) is 1. The molecule has 146 valence electrons. The lowest BCUT2D eigenvalue weighted by atomic mass is 10.1. The van der Waals surface area contributed by atoms with Gasteiger partial charge in [0, 0.05) is 6.08 Å². The molecule has 1 fully saturated rings. The summed E-state index contributed by atoms with van der Waals surface area (Å²) >= 11 is 13.8. The molecule has 0 unspecified atom stereocenters. The highest BCUT2D eigenvalue weighted by atomic mass is 35.5. The van der Waals surface area contributed by atoms with Crippen molar-refractivity contribution >= 4 is 57.8 Å². The van der Waals surface area contributed by atoms with Crippen molar-refractivity contribution in [3.05, 3.63) is 80.9 Å². The fourth-order valence-corrected chi connectivity index (χ4v) is 4.33. The van der Waals surface area contributed by atoms with Crippen LogP contribution < -0.4 is 5.32 Å². The van der Waals surface area contributed by atoms with E-state index in [4.69, 9.17) is 27.6 Å². The summed E-state index contributed by atoms with van der Waals surface area (Å²) < 4.78 is 5.85. The van der Waals surface area contributed by atoms with Gasteiger partial charge < -0.3 is 9.73 Å². The van der Waals surface area contributed by atoms with E-state index in [1.54, 1.807) is 36.4 Å². The van der Waals surface area contributed by atoms with Crippen molar-refractivity contribution in [2.75, 3.05) is 0 Å². The molecule has 29 heavy (non-hydrogen) atoms. The van der Waals surface area contributed by atoms with E-state index in [2.05, 4.69) is 17.2 Å². The Morgan fingerprint density at radius 3 is 2.59 bits per heavy atom. The number of furan rings is 1. The molecule has 1 saturated heterocycles. The largest absolute Gasteiger partial charge is 0.457 e. The number of para-hydroxylation sites is 1. The van der Waals surface area contributed by atoms with Gasteiger partial charge in [-0.25, -0.2) is 4.99 Å². The van der Waals surface area contributed by atoms with Crippen molar-refractivity contribution in [3.63, 3.8) is 0 Å². The summed E-state index contributed by atoms with van der Waals surface area (Å²) in [4.78, 5) is 17.4. The monoisotopic (exact) mass is 442 g/mol. The minimum absolute atomic E-state index is 0.212. The molecule has 0 bridgehead atoms. The fraction of sp³-hybridized carbons (Fsp3) is 0.0909. The Kier molecular flexibility index (Phi) is 5.81. The summed E-state index contributed by atoms with van der Waals surface area (Å²) in [6.07, 6.45) is 2.55. The molecule has 3 aromatic rings. The number of hydrogen-bond acceptors (Lipinski definition) is 4. The molecule has 0 aliphatic carbocycles. The Bertz CT molecular complexity index is 1130. The number of benzene rings is 2. The Labute approximate surface area is 182 Å². The van der Waals surface area contributed by atoms with Gasteiger partial charge in [0.2, 0.25) is 0 Å². The van der Waals surface area contributed by atoms with Gasteiger partial charge >= 0.3 is 0 Å². The van der Waals surface area contributed by atoms with Crippen LogP contribution in [0.5, 0.6) is 0 Å². The Hall–Kier alpha value is -2.47. The second-order valence-corrected chi connectivity index (χ2v) is 8.11. The summed E-state index contributed by atoms with van der Waals surface area (Å²) in [7, 11) is 0. The Balaban J connectivity index is 1.59. The number of nitrogens with zero attached hydrogens (tertiary/aromatic N) is 1. The average molecular weight is 443 g/mol. The molecule has 0 spiro atoms. The maximum atomic E-state index is 12.4. The number of aryl methyl sites for hydroxylation is 1. The van der Waals surface area contributed by atoms with Crippen LogP contribution in [0.2, 0.25) is 10.0 Å². The van der Waals surface area contributed by atoms with E-state index < -0.39 is 0 Å². The Morgan fingerprint density at radius 1 is 1.07 bits per heavy atom. The predicted molar refractivity (Wildman–Crippen MR) is 121 cm³/mol. The van der Waals surface area contributed by atoms with Gasteiger partial charge in [-0.1, -0.05) is 54.4 Å². The number of nitrogens with one attached hydrogen (secondary N) is 1. The van der Waals surface area contributed by atoms with Crippen molar-refractivity contribution in [2.24, 2.45) is 4.99 Å². The van der Waals surface area contributed by atoms with Gasteiger partial charge in [-0.05, 0) is 54.1 Å². The minimum atomic E-state index is -0.212. The maximum Gasteiger partial charge on any atom is 0.264 e. The lowest BCUT2D eigenvalue weighted by Gasteiger charge is -2.02. The second-order valence-electron chi connectivity index (χ2n) is 6.26. The van der Waals surface area contributed by atoms with Crippen LogP contribution in [0, 0.1) is 0 Å². The zero-order chi connectivity index (χ0) is 20.4. The lowest BCUT2D eigenvalue weighted by Crippen LogP contribution is -2.19. The van der Waals surface area contributed by atoms with Gasteiger partial charge in [0.05, 0.1) is 26.2 Å². The molecule has 2 aromatic carbocycles. The number of aliphatic imine (C=N–C) groups is 1. The van der Waals surface area contributed by atoms with E-state index in [0.717, 1.165) is 17.7 Å². The van der Waals surface area contributed by atoms with E-state index >= 15 is 0 Å². The highest BCUT2D eigenvalue weighted by Gasteiger charge is 2.24. The highest BCUT2D eigenvalue weighted by molar-refractivity contribution is 8.18. The fourth-order valence-electron chi connectivity index (χ4n) is 2.94. The average Bonchev–Trinajstić information content (AvgIpc) is 3.29. The molecule has 0 radical (unpaired) electrons. The topological polar surface area (TPSA) is 54.6 Å². The number of thioether (sulfide) groups is 1. The van der Waals surface area contributed by atoms with Gasteiger partial charge in [-0.2, -0.15) is 0 Å². The van der Waals surface area contributed by atoms with Gasteiger partial charge in [0.25, 0.3) is 5.91 Å². The molecule has 1 aromatic heterocycles. The predicted octanol–water partition coefficient (Wildman–Crippen LogP) is 6.71. The van der Waals surface area contributed by atoms with Crippen molar-refractivity contribution < 1.29 is 9.21 Å². The highest BCUT2D eigenvalue weighted by Crippen LogP contribution is 2.36. The van der Waals surface area contributed by atoms with Gasteiger partial charge in [0.1, 0.15) is 11.5 Å². The molecule has 2 heterocycles. The third-order valence-electron chi connectivity index (χ3n) is 4.35. The van der Waals surface area contributed by atoms with Crippen LogP contribution in [-0.4, -0.2) is 11.1 Å². The number of carbonyl (C=O) groups is 1. The molecule has 1 N–H and O–H groups in total. The van der Waals surface area contributed by atoms with Crippen molar-refractivity contribution in [3.8, 4) is 11.3 Å². The molecule has 0 saturated carbocycles. The number of amidine groups is 1. The minimum Gasteiger partial charge on any atom is -0.457 e. The maximum absolute atomic E-state index is 12.4. The van der Waals surface area contributed by atoms with Crippen LogP contribution >= 0.6 is 35.0 Å². The summed E-state index contributed by atoms with van der Waals surface area (Å²) in [6.45, 7) is 2.07. The third-order valence-corrected chi connectivity index (χ3v) is 5.89. The van der Waals surface area contributed by atoms with E-state index in [-0.39, 0.29) is 5.91 Å². The smallest absolute Gasteiger partial charge is 0.264 e. The first-order valence-electron chi connectivity index (χ1n) is 8.97. The molecular formula is C22H16Cl2N2O2S. The summed E-state index contributed by atoms with van der Waals surface area (Å²) in [5.74, 6) is 0.863. The standard InChI is InChI=1S/C22H16Cl2N2O2S/c1-2-13-6-3-4-9-17(13)25-22-26-21(27)19(29-22)12-14-10-11-18(28-14)20-15(23)7-5-8-16(20)24/h3-12H,2H2,1H3,(H,25,26,27). The summed E-state index contributed by atoms with van der Waals surface area (Å²) in [5.41, 5.74) is 2.61. The molecule has 4 rings (SSSR count). The van der Waals surface area contributed by atoms with Gasteiger partial charge in [-0.15, -0.1) is 0 Å². The summed E-state index contributed by atoms with van der Waals surface area (Å²) in [5, 5.41) is 4.35. The van der Waals surface area contributed by atoms with Gasteiger partial charge in [0.15, 0.2) is 5.17 Å². The van der Waals surface area contributed by atoms with Crippen LogP contribution in [0.3, 0.4) is 0 Å². The van der Waals surface area contributed by atoms with Crippen molar-refractivity contribution in [2.45, 2.75) is 13.3 Å². The second kappa shape index (κ2) is 8.49. The SMILES string of the molecule is CCc1ccccc1N=C1NC(=O)C(=Cc2ccc(-c3c(Cl)cccc3Cl)o2)S1. The zero-order valence-electron chi connectivity index (χ0n) is 15.4. The van der Waals surface area contributed by atoms with Crippen LogP contribution in [-0.2, 0) is 11.2 Å². The van der Waals surface area contributed by atoms with Crippen LogP contribution in [0.25, 0.3) is 17.4 Å². The van der Waals surface area contributed by atoms with Crippen molar-refractivity contribution in [1.29, 1.82) is 0 Å². The Morgan fingerprint density at radius 2 is 1.83 bits per heavy atom. The zero-order valence-corrected chi connectivity index (χ0v) is 17.7. The number of rotatable bonds is 4. The molecule has 1 amide bonds. The van der Waals surface area contributed by atoms with E-state index in [1.165, 1.54) is 11.8 Å². The molecular weight excluding hydrogens is 427 g/mol. The van der Waals surface area contributed by atoms with Crippen LogP contribution in [0.4, 0.5) is 5.69 Å². The third kappa shape index (κ3) is 4.27. The van der Waals surface area contributed by atoms with Crippen molar-refractivity contribution in [1.82, 2.24) is 5.32 Å². The molecule has 4 nitrogen and oxygen atoms in total. The first-order chi connectivity index (χ1) is 14.0. The lowest BCUT2D eigenvalue weighted by molar-refractivity contribution is -0.115. The molecule has 7 heteroatoms. The van der Waals surface area contributed by atoms with E-state index in [9.17, 15) is 4.79 Å². The first-order valence-corrected chi connectivity index (χ1v) is 10.5. The number of amides is 1. The normalized spacial score (nSPS) is 16.6.